The topological polar surface area (TPSA) is 100 Å². The largest absolute Gasteiger partial charge is 0.511 e. The van der Waals surface area contributed by atoms with Crippen LogP contribution >= 0.6 is 11.6 Å². The minimum atomic E-state index is -1.37. The van der Waals surface area contributed by atoms with Crippen molar-refractivity contribution in [2.24, 2.45) is 0 Å². The van der Waals surface area contributed by atoms with Gasteiger partial charge in [-0.2, -0.15) is 0 Å². The number of nitrogens with one attached hydrogen (secondary N) is 2. The zero-order valence-corrected chi connectivity index (χ0v) is 18.6. The molecule has 7 nitrogen and oxygen atoms in total. The maximum absolute atomic E-state index is 11.1. The number of aliphatic hydroxyl groups excluding tert-OH is 1. The first kappa shape index (κ1) is 22.9. The van der Waals surface area contributed by atoms with E-state index < -0.39 is 12.3 Å². The Morgan fingerprint density at radius 1 is 1.09 bits per heavy atom. The molecule has 3 aromatic carbocycles. The number of rotatable bonds is 9. The van der Waals surface area contributed by atoms with Crippen molar-refractivity contribution >= 4 is 23.4 Å². The third-order valence-corrected chi connectivity index (χ3v) is 5.58. The average molecular weight is 469 g/mol. The molecule has 0 amide bonds. The van der Waals surface area contributed by atoms with Crippen LogP contribution in [0.15, 0.2) is 60.7 Å². The predicted molar refractivity (Wildman–Crippen MR) is 128 cm³/mol. The molecule has 0 unspecified atom stereocenters. The zero-order chi connectivity index (χ0) is 23.2. The van der Waals surface area contributed by atoms with Crippen molar-refractivity contribution < 1.29 is 24.5 Å². The Morgan fingerprint density at radius 3 is 2.76 bits per heavy atom. The third kappa shape index (κ3) is 5.96. The molecule has 0 bridgehead atoms. The van der Waals surface area contributed by atoms with Gasteiger partial charge in [0.25, 0.3) is 0 Å². The normalized spacial score (nSPS) is 13.2. The van der Waals surface area contributed by atoms with E-state index in [4.69, 9.17) is 26.2 Å². The molecule has 172 valence electrons. The van der Waals surface area contributed by atoms with Gasteiger partial charge in [-0.25, -0.2) is 4.79 Å². The molecule has 0 aliphatic carbocycles. The molecule has 0 aromatic heterocycles. The van der Waals surface area contributed by atoms with Gasteiger partial charge >= 0.3 is 6.16 Å². The minimum absolute atomic E-state index is 0.216. The Hall–Kier alpha value is -3.26. The van der Waals surface area contributed by atoms with E-state index in [0.717, 1.165) is 27.9 Å². The minimum Gasteiger partial charge on any atom is -0.489 e. The van der Waals surface area contributed by atoms with E-state index in [1.54, 1.807) is 18.2 Å². The number of aliphatic hydroxyl groups is 1. The summed E-state index contributed by atoms with van der Waals surface area (Å²) in [5.74, 6) is 0.717. The van der Waals surface area contributed by atoms with E-state index in [1.807, 2.05) is 42.5 Å². The summed E-state index contributed by atoms with van der Waals surface area (Å²) in [6, 6.07) is 18.8. The number of ether oxygens (including phenoxy) is 2. The van der Waals surface area contributed by atoms with E-state index in [-0.39, 0.29) is 5.75 Å². The number of hydrogen-bond acceptors (Lipinski definition) is 6. The van der Waals surface area contributed by atoms with Gasteiger partial charge in [0, 0.05) is 42.3 Å². The van der Waals surface area contributed by atoms with Crippen LogP contribution in [-0.4, -0.2) is 42.6 Å². The summed E-state index contributed by atoms with van der Waals surface area (Å²) < 4.78 is 10.5. The van der Waals surface area contributed by atoms with Gasteiger partial charge in [0.15, 0.2) is 11.5 Å². The van der Waals surface area contributed by atoms with Crippen LogP contribution < -0.4 is 20.1 Å². The highest BCUT2D eigenvalue weighted by Crippen LogP contribution is 2.40. The summed E-state index contributed by atoms with van der Waals surface area (Å²) in [4.78, 5) is 11.1. The van der Waals surface area contributed by atoms with Crippen molar-refractivity contribution in [2.75, 3.05) is 31.6 Å². The molecule has 1 atom stereocenters. The molecule has 1 heterocycles. The van der Waals surface area contributed by atoms with Crippen LogP contribution in [0.1, 0.15) is 17.2 Å². The second-order valence-electron chi connectivity index (χ2n) is 7.71. The standard InChI is InChI=1S/C25H25ClN2O5/c26-20-5-1-4-17(12-20)22(29)15-27-8-9-28-21-6-2-3-16(13-21)19-11-18-7-10-32-24(18)23(14-19)33-25(30)31/h1-6,11-14,22,27-29H,7-10,15H2,(H,30,31)/t22-/m0/s1. The zero-order valence-electron chi connectivity index (χ0n) is 17.9. The first-order valence-electron chi connectivity index (χ1n) is 10.7. The van der Waals surface area contributed by atoms with Crippen LogP contribution in [0.5, 0.6) is 11.5 Å². The van der Waals surface area contributed by atoms with Gasteiger partial charge in [-0.3, -0.25) is 0 Å². The Labute approximate surface area is 196 Å². The smallest absolute Gasteiger partial charge is 0.489 e. The molecule has 0 spiro atoms. The molecule has 3 aromatic rings. The van der Waals surface area contributed by atoms with E-state index >= 15 is 0 Å². The SMILES string of the molecule is O=C(O)Oc1cc(-c2cccc(NCCNC[C@H](O)c3cccc(Cl)c3)c2)cc2c1OCC2. The van der Waals surface area contributed by atoms with Gasteiger partial charge < -0.3 is 30.3 Å². The van der Waals surface area contributed by atoms with Gasteiger partial charge in [-0.15, -0.1) is 0 Å². The maximum atomic E-state index is 11.1. The van der Waals surface area contributed by atoms with Gasteiger partial charge in [0.05, 0.1) is 12.7 Å². The van der Waals surface area contributed by atoms with Gasteiger partial charge in [0.2, 0.25) is 0 Å². The lowest BCUT2D eigenvalue weighted by atomic mass is 10.0. The fourth-order valence-corrected chi connectivity index (χ4v) is 3.98. The first-order valence-corrected chi connectivity index (χ1v) is 11.1. The Bertz CT molecular complexity index is 1140. The van der Waals surface area contributed by atoms with Crippen molar-refractivity contribution in [3.8, 4) is 22.6 Å². The highest BCUT2D eigenvalue weighted by atomic mass is 35.5. The summed E-state index contributed by atoms with van der Waals surface area (Å²) in [6.45, 7) is 2.26. The lowest BCUT2D eigenvalue weighted by Gasteiger charge is -2.14. The number of carbonyl (C=O) groups is 1. The summed E-state index contributed by atoms with van der Waals surface area (Å²) in [6.07, 6.45) is -1.28. The number of benzene rings is 3. The van der Waals surface area contributed by atoms with Crippen molar-refractivity contribution in [1.29, 1.82) is 0 Å². The molecule has 33 heavy (non-hydrogen) atoms. The summed E-state index contributed by atoms with van der Waals surface area (Å²) >= 11 is 5.98. The summed E-state index contributed by atoms with van der Waals surface area (Å²) in [5.41, 5.74) is 4.45. The Balaban J connectivity index is 1.34. The van der Waals surface area contributed by atoms with E-state index in [2.05, 4.69) is 10.6 Å². The van der Waals surface area contributed by atoms with Crippen LogP contribution in [-0.2, 0) is 6.42 Å². The quantitative estimate of drug-likeness (QED) is 0.204. The highest BCUT2D eigenvalue weighted by molar-refractivity contribution is 6.30. The predicted octanol–water partition coefficient (Wildman–Crippen LogP) is 4.73. The van der Waals surface area contributed by atoms with Crippen molar-refractivity contribution in [3.63, 3.8) is 0 Å². The van der Waals surface area contributed by atoms with Gasteiger partial charge in [-0.1, -0.05) is 35.9 Å². The fraction of sp³-hybridized carbons (Fsp3) is 0.240. The molecule has 4 N–H and O–H groups in total. The van der Waals surface area contributed by atoms with Crippen molar-refractivity contribution in [3.05, 3.63) is 76.8 Å². The number of halogens is 1. The second-order valence-corrected chi connectivity index (χ2v) is 8.15. The van der Waals surface area contributed by atoms with Crippen LogP contribution in [0.2, 0.25) is 5.02 Å². The molecule has 1 aliphatic rings. The van der Waals surface area contributed by atoms with E-state index in [0.29, 0.717) is 43.4 Å². The molecule has 0 saturated carbocycles. The van der Waals surface area contributed by atoms with Crippen molar-refractivity contribution in [2.45, 2.75) is 12.5 Å². The number of carboxylic acid groups (broad SMARTS) is 1. The molecule has 8 heteroatoms. The molecular weight excluding hydrogens is 444 g/mol. The van der Waals surface area contributed by atoms with E-state index in [1.165, 1.54) is 0 Å². The molecule has 4 rings (SSSR count). The molecule has 0 fully saturated rings. The maximum Gasteiger partial charge on any atom is 0.511 e. The molecule has 0 saturated heterocycles. The van der Waals surface area contributed by atoms with Crippen LogP contribution in [0.3, 0.4) is 0 Å². The number of fused-ring (bicyclic) bond motifs is 1. The second kappa shape index (κ2) is 10.6. The van der Waals surface area contributed by atoms with Crippen molar-refractivity contribution in [1.82, 2.24) is 5.32 Å². The highest BCUT2D eigenvalue weighted by Gasteiger charge is 2.21. The van der Waals surface area contributed by atoms with Crippen LogP contribution in [0.25, 0.3) is 11.1 Å². The summed E-state index contributed by atoms with van der Waals surface area (Å²) in [5, 5.41) is 26.5. The van der Waals surface area contributed by atoms with Crippen LogP contribution in [0, 0.1) is 0 Å². The van der Waals surface area contributed by atoms with Crippen LogP contribution in [0.4, 0.5) is 10.5 Å². The molecule has 1 aliphatic heterocycles. The average Bonchev–Trinajstić information content (AvgIpc) is 3.28. The Kier molecular flexibility index (Phi) is 7.34. The summed E-state index contributed by atoms with van der Waals surface area (Å²) in [7, 11) is 0. The van der Waals surface area contributed by atoms with Gasteiger partial charge in [-0.05, 0) is 53.1 Å². The monoisotopic (exact) mass is 468 g/mol. The lowest BCUT2D eigenvalue weighted by molar-refractivity contribution is 0.142. The van der Waals surface area contributed by atoms with Gasteiger partial charge in [0.1, 0.15) is 0 Å². The molecule has 0 radical (unpaired) electrons. The fourth-order valence-electron chi connectivity index (χ4n) is 3.78. The third-order valence-electron chi connectivity index (χ3n) is 5.34. The molecular formula is C25H25ClN2O5. The number of hydrogen-bond donors (Lipinski definition) is 4. The lowest BCUT2D eigenvalue weighted by Crippen LogP contribution is -2.26. The Morgan fingerprint density at radius 2 is 1.94 bits per heavy atom. The first-order chi connectivity index (χ1) is 16.0. The number of anilines is 1. The van der Waals surface area contributed by atoms with E-state index in [9.17, 15) is 9.90 Å².